The standard InChI is InChI=1S/C26H30INO2/c27-14-20-12-19-15-28(10-9-25(19)29-20)16-21-13-24-22-7-3-1-5-17(22)11-18-6-2-4-8-23(18)26(24)30-21/h1-8,19-21,24-26H,9-16H2. The van der Waals surface area contributed by atoms with Crippen molar-refractivity contribution in [2.75, 3.05) is 24.1 Å². The van der Waals surface area contributed by atoms with Gasteiger partial charge in [0.2, 0.25) is 0 Å². The first-order chi connectivity index (χ1) is 14.8. The maximum atomic E-state index is 6.81. The summed E-state index contributed by atoms with van der Waals surface area (Å²) in [5.74, 6) is 1.19. The van der Waals surface area contributed by atoms with Crippen LogP contribution in [0, 0.1) is 5.92 Å². The van der Waals surface area contributed by atoms with Crippen LogP contribution in [0.15, 0.2) is 48.5 Å². The lowest BCUT2D eigenvalue weighted by atomic mass is 9.87. The molecule has 4 aliphatic rings. The normalized spacial score (nSPS) is 35.2. The molecule has 2 aromatic carbocycles. The van der Waals surface area contributed by atoms with Gasteiger partial charge in [-0.25, -0.2) is 0 Å². The highest BCUT2D eigenvalue weighted by Crippen LogP contribution is 2.49. The molecule has 3 fully saturated rings. The van der Waals surface area contributed by atoms with E-state index in [-0.39, 0.29) is 6.10 Å². The second-order valence-corrected chi connectivity index (χ2v) is 10.5. The Morgan fingerprint density at radius 3 is 2.50 bits per heavy atom. The Kier molecular flexibility index (Phi) is 5.38. The van der Waals surface area contributed by atoms with Gasteiger partial charge in [0.05, 0.1) is 24.4 Å². The summed E-state index contributed by atoms with van der Waals surface area (Å²) < 4.78 is 14.2. The second-order valence-electron chi connectivity index (χ2n) is 9.59. The Morgan fingerprint density at radius 2 is 1.67 bits per heavy atom. The van der Waals surface area contributed by atoms with Crippen LogP contribution < -0.4 is 0 Å². The number of rotatable bonds is 3. The molecule has 0 amide bonds. The van der Waals surface area contributed by atoms with Gasteiger partial charge in [0, 0.05) is 35.9 Å². The molecule has 3 nitrogen and oxygen atoms in total. The van der Waals surface area contributed by atoms with Crippen molar-refractivity contribution in [3.8, 4) is 0 Å². The fourth-order valence-corrected chi connectivity index (χ4v) is 6.95. The van der Waals surface area contributed by atoms with Gasteiger partial charge in [0.15, 0.2) is 0 Å². The molecule has 0 bridgehead atoms. The summed E-state index contributed by atoms with van der Waals surface area (Å²) in [5.41, 5.74) is 5.84. The number of nitrogens with zero attached hydrogens (tertiary/aromatic N) is 1. The summed E-state index contributed by atoms with van der Waals surface area (Å²) in [5, 5.41) is 0. The van der Waals surface area contributed by atoms with Gasteiger partial charge in [-0.1, -0.05) is 71.1 Å². The van der Waals surface area contributed by atoms with Crippen LogP contribution in [0.3, 0.4) is 0 Å². The average molecular weight is 515 g/mol. The first-order valence-electron chi connectivity index (χ1n) is 11.5. The summed E-state index contributed by atoms with van der Waals surface area (Å²) in [6.45, 7) is 3.40. The van der Waals surface area contributed by atoms with Crippen LogP contribution in [-0.2, 0) is 15.9 Å². The van der Waals surface area contributed by atoms with E-state index in [1.165, 1.54) is 41.6 Å². The highest BCUT2D eigenvalue weighted by Gasteiger charge is 2.43. The van der Waals surface area contributed by atoms with E-state index in [2.05, 4.69) is 76.0 Å². The van der Waals surface area contributed by atoms with Gasteiger partial charge < -0.3 is 14.4 Å². The Bertz CT molecular complexity index is 864. The van der Waals surface area contributed by atoms with Gasteiger partial charge in [0.25, 0.3) is 0 Å². The van der Waals surface area contributed by atoms with Crippen molar-refractivity contribution < 1.29 is 9.47 Å². The van der Waals surface area contributed by atoms with Crippen LogP contribution in [0.4, 0.5) is 0 Å². The smallest absolute Gasteiger partial charge is 0.0901 e. The zero-order chi connectivity index (χ0) is 20.1. The number of ether oxygens (including phenoxy) is 2. The van der Waals surface area contributed by atoms with Crippen molar-refractivity contribution in [3.63, 3.8) is 0 Å². The van der Waals surface area contributed by atoms with E-state index < -0.39 is 0 Å². The molecule has 0 saturated carbocycles. The topological polar surface area (TPSA) is 21.7 Å². The van der Waals surface area contributed by atoms with Crippen molar-refractivity contribution in [2.45, 2.75) is 56.0 Å². The molecule has 2 aromatic rings. The van der Waals surface area contributed by atoms with Crippen molar-refractivity contribution >= 4 is 22.6 Å². The number of hydrogen-bond acceptors (Lipinski definition) is 3. The molecule has 6 atom stereocenters. The van der Waals surface area contributed by atoms with Gasteiger partial charge in [-0.2, -0.15) is 0 Å². The molecule has 0 radical (unpaired) electrons. The zero-order valence-electron chi connectivity index (χ0n) is 17.4. The fraction of sp³-hybridized carbons (Fsp3) is 0.538. The number of likely N-dealkylation sites (tertiary alicyclic amines) is 1. The lowest BCUT2D eigenvalue weighted by Crippen LogP contribution is -2.44. The largest absolute Gasteiger partial charge is 0.374 e. The quantitative estimate of drug-likeness (QED) is 0.419. The molecular formula is C26H30INO2. The molecule has 6 unspecified atom stereocenters. The molecule has 0 spiro atoms. The van der Waals surface area contributed by atoms with Gasteiger partial charge in [-0.3, -0.25) is 0 Å². The minimum absolute atomic E-state index is 0.200. The Hall–Kier alpha value is -0.950. The number of benzene rings is 2. The van der Waals surface area contributed by atoms with E-state index in [1.807, 2.05) is 0 Å². The molecule has 158 valence electrons. The van der Waals surface area contributed by atoms with Crippen LogP contribution in [0.1, 0.15) is 53.5 Å². The maximum absolute atomic E-state index is 6.81. The van der Waals surface area contributed by atoms with Crippen molar-refractivity contribution in [2.24, 2.45) is 5.92 Å². The molecule has 3 saturated heterocycles. The van der Waals surface area contributed by atoms with Crippen LogP contribution >= 0.6 is 22.6 Å². The third-order valence-electron chi connectivity index (χ3n) is 7.73. The third-order valence-corrected chi connectivity index (χ3v) is 8.72. The molecule has 1 aliphatic carbocycles. The van der Waals surface area contributed by atoms with E-state index >= 15 is 0 Å². The predicted molar refractivity (Wildman–Crippen MR) is 127 cm³/mol. The molecule has 3 heterocycles. The molecular weight excluding hydrogens is 485 g/mol. The predicted octanol–water partition coefficient (Wildman–Crippen LogP) is 5.12. The second kappa shape index (κ2) is 8.19. The van der Waals surface area contributed by atoms with Gasteiger partial charge in [0.1, 0.15) is 0 Å². The monoisotopic (exact) mass is 515 g/mol. The highest BCUT2D eigenvalue weighted by molar-refractivity contribution is 14.1. The first-order valence-corrected chi connectivity index (χ1v) is 13.1. The SMILES string of the molecule is ICC1CC2CN(CC3CC4c5ccccc5Cc5ccccc5C4O3)CCC2O1. The minimum Gasteiger partial charge on any atom is -0.374 e. The van der Waals surface area contributed by atoms with E-state index in [0.29, 0.717) is 30.1 Å². The fourth-order valence-electron chi connectivity index (χ4n) is 6.38. The van der Waals surface area contributed by atoms with E-state index in [4.69, 9.17) is 9.47 Å². The lowest BCUT2D eigenvalue weighted by molar-refractivity contribution is -0.0164. The van der Waals surface area contributed by atoms with Crippen LogP contribution in [0.2, 0.25) is 0 Å². The average Bonchev–Trinajstić information content (AvgIpc) is 3.35. The van der Waals surface area contributed by atoms with Crippen LogP contribution in [-0.4, -0.2) is 47.3 Å². The number of fused-ring (bicyclic) bond motifs is 6. The first kappa shape index (κ1) is 19.7. The summed E-state index contributed by atoms with van der Waals surface area (Å²) in [6, 6.07) is 18.0. The van der Waals surface area contributed by atoms with Gasteiger partial charge >= 0.3 is 0 Å². The summed E-state index contributed by atoms with van der Waals surface area (Å²) >= 11 is 2.47. The minimum atomic E-state index is 0.200. The Balaban J connectivity index is 1.21. The Morgan fingerprint density at radius 1 is 0.900 bits per heavy atom. The highest BCUT2D eigenvalue weighted by atomic mass is 127. The van der Waals surface area contributed by atoms with Gasteiger partial charge in [-0.15, -0.1) is 0 Å². The number of alkyl halides is 1. The molecule has 6 rings (SSSR count). The number of halogens is 1. The number of piperidine rings is 1. The van der Waals surface area contributed by atoms with Crippen molar-refractivity contribution in [3.05, 3.63) is 70.8 Å². The van der Waals surface area contributed by atoms with Gasteiger partial charge in [-0.05, 0) is 47.9 Å². The summed E-state index contributed by atoms with van der Waals surface area (Å²) in [7, 11) is 0. The lowest BCUT2D eigenvalue weighted by Gasteiger charge is -2.35. The summed E-state index contributed by atoms with van der Waals surface area (Å²) in [6.07, 6.45) is 6.07. The molecule has 3 aliphatic heterocycles. The van der Waals surface area contributed by atoms with E-state index in [0.717, 1.165) is 30.4 Å². The molecule has 0 N–H and O–H groups in total. The van der Waals surface area contributed by atoms with E-state index in [9.17, 15) is 0 Å². The third kappa shape index (κ3) is 3.54. The maximum Gasteiger partial charge on any atom is 0.0901 e. The Labute approximate surface area is 193 Å². The van der Waals surface area contributed by atoms with Crippen LogP contribution in [0.25, 0.3) is 0 Å². The number of hydrogen-bond donors (Lipinski definition) is 0. The van der Waals surface area contributed by atoms with Crippen LogP contribution in [0.5, 0.6) is 0 Å². The van der Waals surface area contributed by atoms with E-state index in [1.54, 1.807) is 0 Å². The molecule has 30 heavy (non-hydrogen) atoms. The summed E-state index contributed by atoms with van der Waals surface area (Å²) in [4.78, 5) is 2.66. The van der Waals surface area contributed by atoms with Crippen molar-refractivity contribution in [1.82, 2.24) is 4.90 Å². The van der Waals surface area contributed by atoms with Crippen molar-refractivity contribution in [1.29, 1.82) is 0 Å². The zero-order valence-corrected chi connectivity index (χ0v) is 19.5. The molecule has 4 heteroatoms. The molecule has 0 aromatic heterocycles.